The van der Waals surface area contributed by atoms with E-state index in [-0.39, 0.29) is 57.3 Å². The summed E-state index contributed by atoms with van der Waals surface area (Å²) in [5.41, 5.74) is 0.114. The molecule has 0 atom stereocenters. The topological polar surface area (TPSA) is 0 Å². The number of rotatable bonds is 2. The Labute approximate surface area is 130 Å². The Balaban J connectivity index is 0.00000112. The third kappa shape index (κ3) is 3.10. The average Bonchev–Trinajstić information content (AvgIpc) is 2.00. The first-order valence-electron chi connectivity index (χ1n) is 4.88. The van der Waals surface area contributed by atoms with Gasteiger partial charge in [0.15, 0.2) is 0 Å². The van der Waals surface area contributed by atoms with E-state index in [1.54, 1.807) is 12.1 Å². The van der Waals surface area contributed by atoms with Crippen LogP contribution in [0.2, 0.25) is 0 Å². The van der Waals surface area contributed by atoms with Crippen LogP contribution in [0.1, 0.15) is 30.7 Å². The van der Waals surface area contributed by atoms with Crippen LogP contribution in [0.5, 0.6) is 0 Å². The van der Waals surface area contributed by atoms with Crippen LogP contribution >= 0.6 is 0 Å². The molecule has 0 aromatic heterocycles. The van der Waals surface area contributed by atoms with Crippen molar-refractivity contribution in [2.45, 2.75) is 25.2 Å². The van der Waals surface area contributed by atoms with Gasteiger partial charge in [-0.1, -0.05) is 36.2 Å². The second kappa shape index (κ2) is 5.36. The molecule has 1 aliphatic rings. The van der Waals surface area contributed by atoms with Gasteiger partial charge in [0.2, 0.25) is 0 Å². The van der Waals surface area contributed by atoms with Crippen molar-refractivity contribution in [1.82, 2.24) is 0 Å². The van der Waals surface area contributed by atoms with Crippen molar-refractivity contribution >= 4 is 12.4 Å². The van der Waals surface area contributed by atoms with Gasteiger partial charge in [0.25, 0.3) is 0 Å². The molecule has 15 heavy (non-hydrogen) atoms. The van der Waals surface area contributed by atoms with E-state index in [4.69, 9.17) is 0 Å². The summed E-state index contributed by atoms with van der Waals surface area (Å²) in [7, 11) is 0. The van der Waals surface area contributed by atoms with Gasteiger partial charge in [-0.2, -0.15) is 0 Å². The Morgan fingerprint density at radius 2 is 1.67 bits per heavy atom. The van der Waals surface area contributed by atoms with Gasteiger partial charge in [0.05, 0.1) is 0 Å². The fourth-order valence-corrected chi connectivity index (χ4v) is 1.90. The molecule has 0 unspecified atom stereocenters. The van der Waals surface area contributed by atoms with Crippen LogP contribution in [0.4, 0.5) is 12.9 Å². The second-order valence-electron chi connectivity index (χ2n) is 3.83. The molecule has 0 N–H and O–H groups in total. The molecular formula is C10H11BF3K. The summed E-state index contributed by atoms with van der Waals surface area (Å²) in [6, 6.07) is 5.98. The van der Waals surface area contributed by atoms with Crippen LogP contribution in [0.15, 0.2) is 24.3 Å². The SMILES string of the molecule is F[B-](F)(F)c1ccccc1C1CCC1.[K+]. The Morgan fingerprint density at radius 3 is 2.13 bits per heavy atom. The summed E-state index contributed by atoms with van der Waals surface area (Å²) in [5.74, 6) is 0.148. The molecule has 0 aliphatic heterocycles. The maximum absolute atomic E-state index is 12.6. The molecule has 1 saturated carbocycles. The summed E-state index contributed by atoms with van der Waals surface area (Å²) >= 11 is 0. The first kappa shape index (κ1) is 13.8. The van der Waals surface area contributed by atoms with Crippen LogP contribution in [0.25, 0.3) is 0 Å². The summed E-state index contributed by atoms with van der Waals surface area (Å²) in [6.45, 7) is -4.84. The normalized spacial score (nSPS) is 16.7. The van der Waals surface area contributed by atoms with Gasteiger partial charge in [-0.05, 0) is 18.8 Å². The van der Waals surface area contributed by atoms with Gasteiger partial charge in [-0.25, -0.2) is 0 Å². The smallest absolute Gasteiger partial charge is 0.445 e. The molecule has 0 heterocycles. The van der Waals surface area contributed by atoms with Crippen molar-refractivity contribution < 1.29 is 64.3 Å². The molecule has 0 radical (unpaired) electrons. The molecular weight excluding hydrogens is 227 g/mol. The van der Waals surface area contributed by atoms with E-state index in [0.29, 0.717) is 5.56 Å². The molecule has 0 amide bonds. The van der Waals surface area contributed by atoms with E-state index in [9.17, 15) is 12.9 Å². The molecule has 2 rings (SSSR count). The Kier molecular flexibility index (Phi) is 4.92. The van der Waals surface area contributed by atoms with Crippen molar-refractivity contribution in [1.29, 1.82) is 0 Å². The van der Waals surface area contributed by atoms with Gasteiger partial charge in [0.1, 0.15) is 0 Å². The van der Waals surface area contributed by atoms with Gasteiger partial charge in [-0.15, -0.1) is 5.46 Å². The van der Waals surface area contributed by atoms with E-state index in [0.717, 1.165) is 19.3 Å². The number of hydrogen-bond acceptors (Lipinski definition) is 0. The summed E-state index contributed by atoms with van der Waals surface area (Å²) in [6.07, 6.45) is 2.87. The standard InChI is InChI=1S/C10H11BF3.K/c12-11(13,14)10-7-2-1-6-9(10)8-4-3-5-8;/h1-2,6-8H,3-5H2;/q-1;+1. The minimum atomic E-state index is -4.84. The van der Waals surface area contributed by atoms with Crippen molar-refractivity contribution in [2.24, 2.45) is 0 Å². The van der Waals surface area contributed by atoms with E-state index >= 15 is 0 Å². The molecule has 5 heteroatoms. The first-order valence-corrected chi connectivity index (χ1v) is 4.88. The Hall–Kier alpha value is 0.711. The van der Waals surface area contributed by atoms with Crippen LogP contribution in [-0.4, -0.2) is 6.98 Å². The third-order valence-electron chi connectivity index (χ3n) is 2.89. The van der Waals surface area contributed by atoms with Crippen molar-refractivity contribution in [2.75, 3.05) is 0 Å². The fraction of sp³-hybridized carbons (Fsp3) is 0.400. The van der Waals surface area contributed by atoms with E-state index in [2.05, 4.69) is 0 Å². The van der Waals surface area contributed by atoms with Crippen LogP contribution in [0, 0.1) is 0 Å². The monoisotopic (exact) mass is 238 g/mol. The predicted octanol–water partition coefficient (Wildman–Crippen LogP) is 0.0125. The molecule has 1 fully saturated rings. The zero-order valence-corrected chi connectivity index (χ0v) is 11.8. The van der Waals surface area contributed by atoms with Gasteiger partial charge < -0.3 is 12.9 Å². The molecule has 0 nitrogen and oxygen atoms in total. The molecule has 0 bridgehead atoms. The molecule has 1 aliphatic carbocycles. The van der Waals surface area contributed by atoms with Gasteiger partial charge >= 0.3 is 58.4 Å². The molecule has 76 valence electrons. The molecule has 0 saturated heterocycles. The van der Waals surface area contributed by atoms with Crippen LogP contribution in [0.3, 0.4) is 0 Å². The molecule has 1 aromatic rings. The third-order valence-corrected chi connectivity index (χ3v) is 2.89. The quantitative estimate of drug-likeness (QED) is 0.637. The first-order chi connectivity index (χ1) is 6.59. The van der Waals surface area contributed by atoms with E-state index < -0.39 is 12.4 Å². The molecule has 1 aromatic carbocycles. The summed E-state index contributed by atoms with van der Waals surface area (Å²) in [5, 5.41) is 0. The van der Waals surface area contributed by atoms with Crippen LogP contribution in [-0.2, 0) is 0 Å². The minimum Gasteiger partial charge on any atom is -0.445 e. The minimum absolute atomic E-state index is 0. The maximum Gasteiger partial charge on any atom is 1.00 e. The number of hydrogen-bond donors (Lipinski definition) is 0. The number of halogens is 3. The van der Waals surface area contributed by atoms with Crippen molar-refractivity contribution in [3.05, 3.63) is 29.8 Å². The Bertz CT molecular complexity index is 334. The van der Waals surface area contributed by atoms with Crippen molar-refractivity contribution in [3.63, 3.8) is 0 Å². The summed E-state index contributed by atoms with van der Waals surface area (Å²) in [4.78, 5) is 0. The van der Waals surface area contributed by atoms with E-state index in [1.165, 1.54) is 12.1 Å². The van der Waals surface area contributed by atoms with Crippen LogP contribution < -0.4 is 56.8 Å². The zero-order chi connectivity index (χ0) is 10.2. The van der Waals surface area contributed by atoms with Gasteiger partial charge in [0, 0.05) is 0 Å². The van der Waals surface area contributed by atoms with E-state index in [1.807, 2.05) is 0 Å². The van der Waals surface area contributed by atoms with Gasteiger partial charge in [-0.3, -0.25) is 0 Å². The van der Waals surface area contributed by atoms with Crippen molar-refractivity contribution in [3.8, 4) is 0 Å². The maximum atomic E-state index is 12.6. The molecule has 0 spiro atoms. The second-order valence-corrected chi connectivity index (χ2v) is 3.83. The zero-order valence-electron chi connectivity index (χ0n) is 8.72. The average molecular weight is 238 g/mol. The number of benzene rings is 1. The predicted molar refractivity (Wildman–Crippen MR) is 51.7 cm³/mol. The Morgan fingerprint density at radius 1 is 1.07 bits per heavy atom. The fourth-order valence-electron chi connectivity index (χ4n) is 1.90. The largest absolute Gasteiger partial charge is 1.00 e. The summed E-state index contributed by atoms with van der Waals surface area (Å²) < 4.78 is 37.9.